The van der Waals surface area contributed by atoms with E-state index in [9.17, 15) is 22.8 Å². The van der Waals surface area contributed by atoms with Crippen molar-refractivity contribution in [3.63, 3.8) is 0 Å². The summed E-state index contributed by atoms with van der Waals surface area (Å²) in [6.07, 6.45) is -6.24. The first-order valence-corrected chi connectivity index (χ1v) is 6.02. The molecule has 0 saturated heterocycles. The zero-order valence-electron chi connectivity index (χ0n) is 11.2. The Bertz CT molecular complexity index is 473. The van der Waals surface area contributed by atoms with Crippen LogP contribution in [0.1, 0.15) is 17.0 Å². The minimum absolute atomic E-state index is 0.0508. The highest BCUT2D eigenvalue weighted by atomic mass is 19.4. The Balaban J connectivity index is 2.32. The van der Waals surface area contributed by atoms with E-state index in [2.05, 4.69) is 5.32 Å². The molecule has 0 bridgehead atoms. The van der Waals surface area contributed by atoms with Crippen LogP contribution in [0.2, 0.25) is 0 Å². The highest BCUT2D eigenvalue weighted by Gasteiger charge is 2.39. The SMILES string of the molecule is CN(CC(O)C(F)(F)F)C(=O)CCNC(=O)c1ccco1. The van der Waals surface area contributed by atoms with Crippen LogP contribution in [0.25, 0.3) is 0 Å². The van der Waals surface area contributed by atoms with Crippen molar-refractivity contribution in [2.75, 3.05) is 20.1 Å². The van der Waals surface area contributed by atoms with Crippen molar-refractivity contribution in [2.24, 2.45) is 0 Å². The maximum absolute atomic E-state index is 12.1. The fraction of sp³-hybridized carbons (Fsp3) is 0.500. The van der Waals surface area contributed by atoms with Gasteiger partial charge in [-0.2, -0.15) is 13.2 Å². The average Bonchev–Trinajstić information content (AvgIpc) is 2.90. The molecule has 1 atom stereocenters. The van der Waals surface area contributed by atoms with Crippen molar-refractivity contribution in [1.29, 1.82) is 0 Å². The van der Waals surface area contributed by atoms with Crippen LogP contribution < -0.4 is 5.32 Å². The maximum Gasteiger partial charge on any atom is 0.416 e. The predicted octanol–water partition coefficient (Wildman–Crippen LogP) is 0.781. The molecule has 0 aliphatic carbocycles. The topological polar surface area (TPSA) is 82.8 Å². The molecular formula is C12H15F3N2O4. The quantitative estimate of drug-likeness (QED) is 0.813. The molecule has 118 valence electrons. The van der Waals surface area contributed by atoms with Crippen molar-refractivity contribution in [2.45, 2.75) is 18.7 Å². The molecule has 2 amide bonds. The van der Waals surface area contributed by atoms with Crippen LogP contribution in [0.5, 0.6) is 0 Å². The third-order valence-electron chi connectivity index (χ3n) is 2.62. The number of hydrogen-bond donors (Lipinski definition) is 2. The predicted molar refractivity (Wildman–Crippen MR) is 65.4 cm³/mol. The van der Waals surface area contributed by atoms with Gasteiger partial charge in [0.25, 0.3) is 5.91 Å². The molecule has 0 aliphatic rings. The largest absolute Gasteiger partial charge is 0.459 e. The van der Waals surface area contributed by atoms with E-state index in [1.54, 1.807) is 0 Å². The first-order valence-electron chi connectivity index (χ1n) is 6.02. The number of amides is 2. The Morgan fingerprint density at radius 3 is 2.67 bits per heavy atom. The highest BCUT2D eigenvalue weighted by molar-refractivity contribution is 5.91. The van der Waals surface area contributed by atoms with Gasteiger partial charge in [0.1, 0.15) is 0 Å². The molecule has 1 unspecified atom stereocenters. The van der Waals surface area contributed by atoms with Gasteiger partial charge in [0, 0.05) is 20.0 Å². The lowest BCUT2D eigenvalue weighted by Gasteiger charge is -2.22. The summed E-state index contributed by atoms with van der Waals surface area (Å²) in [7, 11) is 1.14. The zero-order valence-corrected chi connectivity index (χ0v) is 11.2. The fourth-order valence-electron chi connectivity index (χ4n) is 1.43. The van der Waals surface area contributed by atoms with Gasteiger partial charge in [0.15, 0.2) is 11.9 Å². The third-order valence-corrected chi connectivity index (χ3v) is 2.62. The summed E-state index contributed by atoms with van der Waals surface area (Å²) in [5, 5.41) is 11.2. The maximum atomic E-state index is 12.1. The van der Waals surface area contributed by atoms with Crippen molar-refractivity contribution in [3.05, 3.63) is 24.2 Å². The van der Waals surface area contributed by atoms with E-state index in [0.29, 0.717) is 0 Å². The molecule has 6 nitrogen and oxygen atoms in total. The van der Waals surface area contributed by atoms with Crippen molar-refractivity contribution >= 4 is 11.8 Å². The average molecular weight is 308 g/mol. The molecule has 2 N–H and O–H groups in total. The third kappa shape index (κ3) is 5.46. The Labute approximate surface area is 118 Å². The number of rotatable bonds is 6. The summed E-state index contributed by atoms with van der Waals surface area (Å²) in [5.41, 5.74) is 0. The lowest BCUT2D eigenvalue weighted by Crippen LogP contribution is -2.42. The number of carbonyl (C=O) groups is 2. The lowest BCUT2D eigenvalue weighted by atomic mass is 10.3. The van der Waals surface area contributed by atoms with E-state index >= 15 is 0 Å². The van der Waals surface area contributed by atoms with Crippen LogP contribution in [-0.4, -0.2) is 54.2 Å². The molecule has 1 aromatic heterocycles. The number of halogens is 3. The van der Waals surface area contributed by atoms with Crippen molar-refractivity contribution < 1.29 is 32.3 Å². The van der Waals surface area contributed by atoms with Gasteiger partial charge in [-0.3, -0.25) is 9.59 Å². The summed E-state index contributed by atoms with van der Waals surface area (Å²) in [6.45, 7) is -0.903. The zero-order chi connectivity index (χ0) is 16.0. The fourth-order valence-corrected chi connectivity index (χ4v) is 1.43. The summed E-state index contributed by atoms with van der Waals surface area (Å²) >= 11 is 0. The molecular weight excluding hydrogens is 293 g/mol. The van der Waals surface area contributed by atoms with Gasteiger partial charge >= 0.3 is 6.18 Å². The van der Waals surface area contributed by atoms with Gasteiger partial charge in [0.2, 0.25) is 5.91 Å². The number of likely N-dealkylation sites (N-methyl/N-ethyl adjacent to an activating group) is 1. The van der Waals surface area contributed by atoms with E-state index in [1.165, 1.54) is 18.4 Å². The van der Waals surface area contributed by atoms with Crippen molar-refractivity contribution in [1.82, 2.24) is 10.2 Å². The highest BCUT2D eigenvalue weighted by Crippen LogP contribution is 2.20. The standard InChI is InChI=1S/C12H15F3N2O4/c1-17(7-9(18)12(13,14)15)10(19)4-5-16-11(20)8-3-2-6-21-8/h2-3,6,9,18H,4-5,7H2,1H3,(H,16,20). The minimum atomic E-state index is -4.78. The van der Waals surface area contributed by atoms with Crippen LogP contribution in [0.4, 0.5) is 13.2 Å². The van der Waals surface area contributed by atoms with Crippen LogP contribution in [0, 0.1) is 0 Å². The lowest BCUT2D eigenvalue weighted by molar-refractivity contribution is -0.207. The molecule has 1 heterocycles. The number of aliphatic hydroxyl groups excluding tert-OH is 1. The Morgan fingerprint density at radius 2 is 2.14 bits per heavy atom. The van der Waals surface area contributed by atoms with E-state index in [-0.39, 0.29) is 18.7 Å². The van der Waals surface area contributed by atoms with E-state index in [1.807, 2.05) is 0 Å². The van der Waals surface area contributed by atoms with E-state index in [4.69, 9.17) is 9.52 Å². The molecule has 0 radical (unpaired) electrons. The summed E-state index contributed by atoms with van der Waals surface area (Å²) in [4.78, 5) is 23.8. The number of aliphatic hydroxyl groups is 1. The number of furan rings is 1. The number of alkyl halides is 3. The number of nitrogens with one attached hydrogen (secondary N) is 1. The van der Waals surface area contributed by atoms with Crippen molar-refractivity contribution in [3.8, 4) is 0 Å². The molecule has 1 rings (SSSR count). The summed E-state index contributed by atoms with van der Waals surface area (Å²) < 4.78 is 41.2. The molecule has 0 spiro atoms. The van der Waals surface area contributed by atoms with Gasteiger partial charge in [-0.25, -0.2) is 0 Å². The van der Waals surface area contributed by atoms with Gasteiger partial charge < -0.3 is 19.7 Å². The summed E-state index contributed by atoms with van der Waals surface area (Å²) in [6, 6.07) is 2.95. The molecule has 21 heavy (non-hydrogen) atoms. The first kappa shape index (κ1) is 17.0. The molecule has 0 fully saturated rings. The van der Waals surface area contributed by atoms with E-state index < -0.39 is 30.6 Å². The minimum Gasteiger partial charge on any atom is -0.459 e. The molecule has 0 aromatic carbocycles. The van der Waals surface area contributed by atoms with Gasteiger partial charge in [-0.1, -0.05) is 0 Å². The molecule has 1 aromatic rings. The monoisotopic (exact) mass is 308 g/mol. The van der Waals surface area contributed by atoms with Gasteiger partial charge in [-0.05, 0) is 12.1 Å². The van der Waals surface area contributed by atoms with Gasteiger partial charge in [-0.15, -0.1) is 0 Å². The Hall–Kier alpha value is -2.03. The summed E-state index contributed by atoms with van der Waals surface area (Å²) in [5.74, 6) is -1.08. The Kier molecular flexibility index (Phi) is 5.77. The van der Waals surface area contributed by atoms with Crippen LogP contribution in [0.15, 0.2) is 22.8 Å². The Morgan fingerprint density at radius 1 is 1.48 bits per heavy atom. The van der Waals surface area contributed by atoms with Crippen LogP contribution in [0.3, 0.4) is 0 Å². The molecule has 0 saturated carbocycles. The second-order valence-corrected chi connectivity index (χ2v) is 4.31. The van der Waals surface area contributed by atoms with Gasteiger partial charge in [0.05, 0.1) is 12.8 Å². The molecule has 9 heteroatoms. The smallest absolute Gasteiger partial charge is 0.416 e. The number of nitrogens with zero attached hydrogens (tertiary/aromatic N) is 1. The second-order valence-electron chi connectivity index (χ2n) is 4.31. The molecule has 0 aliphatic heterocycles. The second kappa shape index (κ2) is 7.11. The number of hydrogen-bond acceptors (Lipinski definition) is 4. The van der Waals surface area contributed by atoms with Crippen LogP contribution >= 0.6 is 0 Å². The first-order chi connectivity index (χ1) is 9.71. The van der Waals surface area contributed by atoms with E-state index in [0.717, 1.165) is 11.9 Å². The normalized spacial score (nSPS) is 12.8. The van der Waals surface area contributed by atoms with Crippen LogP contribution in [-0.2, 0) is 4.79 Å². The number of carbonyl (C=O) groups excluding carboxylic acids is 2.